The third kappa shape index (κ3) is 7.74. The summed E-state index contributed by atoms with van der Waals surface area (Å²) in [4.78, 5) is 0.934. The number of hydrogen-bond acceptors (Lipinski definition) is 4. The van der Waals surface area contributed by atoms with Crippen LogP contribution in [0.25, 0.3) is 0 Å². The number of nitrogen functional groups attached to an aromatic ring is 1. The van der Waals surface area contributed by atoms with Crippen molar-refractivity contribution in [1.29, 1.82) is 0 Å². The van der Waals surface area contributed by atoms with Gasteiger partial charge in [0, 0.05) is 22.4 Å². The van der Waals surface area contributed by atoms with E-state index in [4.69, 9.17) is 5.73 Å². The van der Waals surface area contributed by atoms with E-state index in [1.807, 2.05) is 31.2 Å². The van der Waals surface area contributed by atoms with E-state index in [0.29, 0.717) is 11.4 Å². The minimum Gasteiger partial charge on any atom is -0.398 e. The lowest BCUT2D eigenvalue weighted by molar-refractivity contribution is 0.528. The fourth-order valence-corrected chi connectivity index (χ4v) is 4.69. The van der Waals surface area contributed by atoms with Crippen LogP contribution in [0.2, 0.25) is 0 Å². The van der Waals surface area contributed by atoms with Gasteiger partial charge in [-0.15, -0.1) is 11.8 Å². The number of rotatable bonds is 10. The quantitative estimate of drug-likeness (QED) is 0.392. The number of nitrogens with two attached hydrogens (primary N) is 1. The first-order valence-electron chi connectivity index (χ1n) is 7.42. The summed E-state index contributed by atoms with van der Waals surface area (Å²) in [6, 6.07) is 7.52. The Bertz CT molecular complexity index is 518. The molecule has 0 radical (unpaired) electrons. The molecule has 0 amide bonds. The van der Waals surface area contributed by atoms with Crippen LogP contribution in [0.15, 0.2) is 29.2 Å². The van der Waals surface area contributed by atoms with Crippen LogP contribution in [0, 0.1) is 0 Å². The molecule has 0 spiro atoms. The Balaban J connectivity index is 2.34. The van der Waals surface area contributed by atoms with E-state index in [0.717, 1.165) is 30.6 Å². The van der Waals surface area contributed by atoms with E-state index >= 15 is 0 Å². The van der Waals surface area contributed by atoms with Crippen LogP contribution in [-0.2, 0) is 10.0 Å². The van der Waals surface area contributed by atoms with Crippen LogP contribution in [-0.4, -0.2) is 26.0 Å². The van der Waals surface area contributed by atoms with E-state index in [1.54, 1.807) is 0 Å². The molecule has 21 heavy (non-hydrogen) atoms. The predicted molar refractivity (Wildman–Crippen MR) is 92.1 cm³/mol. The van der Waals surface area contributed by atoms with Crippen LogP contribution < -0.4 is 10.5 Å². The summed E-state index contributed by atoms with van der Waals surface area (Å²) in [6.07, 6.45) is 4.26. The van der Waals surface area contributed by atoms with Gasteiger partial charge in [-0.2, -0.15) is 0 Å². The lowest BCUT2D eigenvalue weighted by Gasteiger charge is -2.14. The third-order valence-electron chi connectivity index (χ3n) is 3.15. The van der Waals surface area contributed by atoms with Crippen LogP contribution in [0.3, 0.4) is 0 Å². The summed E-state index contributed by atoms with van der Waals surface area (Å²) in [5.41, 5.74) is 6.53. The number of thioether (sulfide) groups is 1. The van der Waals surface area contributed by atoms with E-state index in [2.05, 4.69) is 11.6 Å². The highest BCUT2D eigenvalue weighted by Gasteiger charge is 2.14. The molecule has 0 heterocycles. The molecule has 0 aliphatic heterocycles. The van der Waals surface area contributed by atoms with Gasteiger partial charge in [-0.05, 0) is 25.5 Å². The average Bonchev–Trinajstić information content (AvgIpc) is 2.40. The number of unbranched alkanes of at least 4 members (excludes halogenated alkanes) is 2. The molecule has 1 aromatic carbocycles. The molecule has 0 saturated carbocycles. The van der Waals surface area contributed by atoms with Crippen molar-refractivity contribution in [2.75, 3.05) is 17.2 Å². The molecular weight excluding hydrogens is 304 g/mol. The highest BCUT2D eigenvalue weighted by atomic mass is 32.2. The molecule has 0 aromatic heterocycles. The molecule has 0 bridgehead atoms. The van der Waals surface area contributed by atoms with Gasteiger partial charge < -0.3 is 5.73 Å². The lowest BCUT2D eigenvalue weighted by atomic mass is 10.1. The van der Waals surface area contributed by atoms with E-state index in [-0.39, 0.29) is 11.8 Å². The van der Waals surface area contributed by atoms with Crippen LogP contribution in [0.1, 0.15) is 39.5 Å². The molecule has 120 valence electrons. The number of benzene rings is 1. The molecule has 0 fully saturated rings. The minimum atomic E-state index is -3.21. The Morgan fingerprint density at radius 2 is 2.00 bits per heavy atom. The zero-order chi connectivity index (χ0) is 15.7. The second kappa shape index (κ2) is 9.33. The van der Waals surface area contributed by atoms with Gasteiger partial charge in [-0.3, -0.25) is 0 Å². The second-order valence-corrected chi connectivity index (χ2v) is 8.23. The number of para-hydroxylation sites is 1. The molecule has 0 aliphatic rings. The van der Waals surface area contributed by atoms with Crippen molar-refractivity contribution in [2.24, 2.45) is 0 Å². The average molecular weight is 331 g/mol. The molecule has 4 nitrogen and oxygen atoms in total. The number of nitrogens with one attached hydrogen (secondary N) is 1. The fourth-order valence-electron chi connectivity index (χ4n) is 2.00. The standard InChI is InChI=1S/C15H26N2O2S2/c1-3-4-5-8-13(2)17-21(18,19)12-11-20-15-10-7-6-9-14(15)16/h6-7,9-10,13,17H,3-5,8,11-12,16H2,1-2H3. The molecule has 6 heteroatoms. The topological polar surface area (TPSA) is 72.2 Å². The summed E-state index contributed by atoms with van der Waals surface area (Å²) in [5, 5.41) is 0. The SMILES string of the molecule is CCCCCC(C)NS(=O)(=O)CCSc1ccccc1N. The first kappa shape index (κ1) is 18.3. The van der Waals surface area contributed by atoms with Crippen LogP contribution in [0.4, 0.5) is 5.69 Å². The lowest BCUT2D eigenvalue weighted by Crippen LogP contribution is -2.34. The van der Waals surface area contributed by atoms with Crippen molar-refractivity contribution in [3.8, 4) is 0 Å². The summed E-state index contributed by atoms with van der Waals surface area (Å²) in [5.74, 6) is 0.620. The molecular formula is C15H26N2O2S2. The van der Waals surface area contributed by atoms with Gasteiger partial charge in [-0.25, -0.2) is 13.1 Å². The van der Waals surface area contributed by atoms with Crippen molar-refractivity contribution in [2.45, 2.75) is 50.5 Å². The van der Waals surface area contributed by atoms with Gasteiger partial charge in [0.2, 0.25) is 10.0 Å². The van der Waals surface area contributed by atoms with E-state index in [9.17, 15) is 8.42 Å². The summed E-state index contributed by atoms with van der Waals surface area (Å²) in [6.45, 7) is 4.07. The van der Waals surface area contributed by atoms with Crippen molar-refractivity contribution >= 4 is 27.5 Å². The van der Waals surface area contributed by atoms with Crippen molar-refractivity contribution < 1.29 is 8.42 Å². The number of sulfonamides is 1. The largest absolute Gasteiger partial charge is 0.398 e. The first-order chi connectivity index (χ1) is 9.94. The van der Waals surface area contributed by atoms with Crippen LogP contribution >= 0.6 is 11.8 Å². The van der Waals surface area contributed by atoms with Gasteiger partial charge in [-0.1, -0.05) is 38.3 Å². The Labute approximate surface area is 132 Å². The Morgan fingerprint density at radius 3 is 2.67 bits per heavy atom. The second-order valence-electron chi connectivity index (χ2n) is 5.22. The Hall–Kier alpha value is -0.720. The van der Waals surface area contributed by atoms with Gasteiger partial charge in [0.15, 0.2) is 0 Å². The zero-order valence-electron chi connectivity index (χ0n) is 12.8. The Morgan fingerprint density at radius 1 is 1.29 bits per heavy atom. The minimum absolute atomic E-state index is 0.00773. The fraction of sp³-hybridized carbons (Fsp3) is 0.600. The molecule has 1 atom stereocenters. The molecule has 0 saturated heterocycles. The molecule has 1 aromatic rings. The normalized spacial score (nSPS) is 13.2. The van der Waals surface area contributed by atoms with Crippen molar-refractivity contribution in [3.63, 3.8) is 0 Å². The first-order valence-corrected chi connectivity index (χ1v) is 10.1. The molecule has 0 aliphatic carbocycles. The third-order valence-corrected chi connectivity index (χ3v) is 6.00. The zero-order valence-corrected chi connectivity index (χ0v) is 14.5. The smallest absolute Gasteiger partial charge is 0.212 e. The van der Waals surface area contributed by atoms with Crippen LogP contribution in [0.5, 0.6) is 0 Å². The maximum Gasteiger partial charge on any atom is 0.212 e. The van der Waals surface area contributed by atoms with Crippen molar-refractivity contribution in [3.05, 3.63) is 24.3 Å². The summed E-state index contributed by atoms with van der Waals surface area (Å²) >= 11 is 1.48. The van der Waals surface area contributed by atoms with Gasteiger partial charge in [0.25, 0.3) is 0 Å². The van der Waals surface area contributed by atoms with E-state index in [1.165, 1.54) is 11.8 Å². The maximum atomic E-state index is 12.0. The Kier molecular flexibility index (Phi) is 8.14. The number of hydrogen-bond donors (Lipinski definition) is 2. The van der Waals surface area contributed by atoms with Crippen molar-refractivity contribution in [1.82, 2.24) is 4.72 Å². The van der Waals surface area contributed by atoms with Gasteiger partial charge in [0.05, 0.1) is 5.75 Å². The van der Waals surface area contributed by atoms with Gasteiger partial charge in [0.1, 0.15) is 0 Å². The highest BCUT2D eigenvalue weighted by molar-refractivity contribution is 8.00. The highest BCUT2D eigenvalue weighted by Crippen LogP contribution is 2.24. The van der Waals surface area contributed by atoms with Gasteiger partial charge >= 0.3 is 0 Å². The molecule has 1 unspecified atom stereocenters. The number of anilines is 1. The summed E-state index contributed by atoms with van der Waals surface area (Å²) < 4.78 is 26.7. The summed E-state index contributed by atoms with van der Waals surface area (Å²) in [7, 11) is -3.21. The molecule has 3 N–H and O–H groups in total. The van der Waals surface area contributed by atoms with E-state index < -0.39 is 10.0 Å². The molecule has 1 rings (SSSR count). The predicted octanol–water partition coefficient (Wildman–Crippen LogP) is 3.25. The monoisotopic (exact) mass is 330 g/mol. The maximum absolute atomic E-state index is 12.0.